The zero-order valence-corrected chi connectivity index (χ0v) is 11.7. The number of hydrogen-bond donors (Lipinski definition) is 1. The fourth-order valence-corrected chi connectivity index (χ4v) is 2.10. The molecule has 0 unspecified atom stereocenters. The van der Waals surface area contributed by atoms with Crippen LogP contribution in [0.15, 0.2) is 36.4 Å². The Morgan fingerprint density at radius 2 is 1.95 bits per heavy atom. The van der Waals surface area contributed by atoms with Crippen molar-refractivity contribution in [3.63, 3.8) is 0 Å². The zero-order chi connectivity index (χ0) is 13.8. The first-order valence-electron chi connectivity index (χ1n) is 5.61. The van der Waals surface area contributed by atoms with Gasteiger partial charge in [-0.05, 0) is 29.8 Å². The van der Waals surface area contributed by atoms with E-state index in [1.54, 1.807) is 30.3 Å². The van der Waals surface area contributed by atoms with E-state index in [9.17, 15) is 4.39 Å². The van der Waals surface area contributed by atoms with E-state index in [2.05, 4.69) is 5.32 Å². The summed E-state index contributed by atoms with van der Waals surface area (Å²) in [5.74, 6) is 0.247. The molecule has 0 aliphatic heterocycles. The van der Waals surface area contributed by atoms with Crippen LogP contribution < -0.4 is 10.1 Å². The van der Waals surface area contributed by atoms with Gasteiger partial charge in [0.15, 0.2) is 0 Å². The highest BCUT2D eigenvalue weighted by molar-refractivity contribution is 6.35. The molecule has 0 fully saturated rings. The van der Waals surface area contributed by atoms with Crippen molar-refractivity contribution in [2.45, 2.75) is 6.54 Å². The van der Waals surface area contributed by atoms with Gasteiger partial charge in [-0.25, -0.2) is 4.39 Å². The number of halogens is 3. The molecule has 1 N–H and O–H groups in total. The predicted octanol–water partition coefficient (Wildman–Crippen LogP) is 4.75. The number of ether oxygens (including phenoxy) is 1. The minimum Gasteiger partial charge on any atom is -0.497 e. The Kier molecular flexibility index (Phi) is 4.51. The van der Waals surface area contributed by atoms with Gasteiger partial charge >= 0.3 is 0 Å². The molecule has 19 heavy (non-hydrogen) atoms. The van der Waals surface area contributed by atoms with Crippen molar-refractivity contribution in [2.75, 3.05) is 12.4 Å². The molecule has 2 aromatic rings. The molecule has 2 nitrogen and oxygen atoms in total. The van der Waals surface area contributed by atoms with Crippen LogP contribution in [0.1, 0.15) is 5.56 Å². The fourth-order valence-electron chi connectivity index (χ4n) is 1.62. The molecule has 0 saturated heterocycles. The molecule has 0 saturated carbocycles. The monoisotopic (exact) mass is 299 g/mol. The van der Waals surface area contributed by atoms with Crippen molar-refractivity contribution in [1.29, 1.82) is 0 Å². The van der Waals surface area contributed by atoms with Crippen LogP contribution in [0.25, 0.3) is 0 Å². The lowest BCUT2D eigenvalue weighted by atomic mass is 10.2. The molecule has 0 aliphatic carbocycles. The van der Waals surface area contributed by atoms with Crippen molar-refractivity contribution in [3.8, 4) is 5.75 Å². The lowest BCUT2D eigenvalue weighted by molar-refractivity contribution is 0.414. The summed E-state index contributed by atoms with van der Waals surface area (Å²) in [5.41, 5.74) is 1.21. The maximum absolute atomic E-state index is 13.6. The molecule has 5 heteroatoms. The molecule has 0 heterocycles. The van der Waals surface area contributed by atoms with E-state index in [0.717, 1.165) is 5.56 Å². The highest BCUT2D eigenvalue weighted by Crippen LogP contribution is 2.24. The number of rotatable bonds is 4. The molecule has 2 aromatic carbocycles. The third-order valence-electron chi connectivity index (χ3n) is 2.66. The summed E-state index contributed by atoms with van der Waals surface area (Å²) in [6.45, 7) is 0.403. The molecule has 0 radical (unpaired) electrons. The second-order valence-electron chi connectivity index (χ2n) is 3.94. The van der Waals surface area contributed by atoms with E-state index in [1.807, 2.05) is 0 Å². The highest BCUT2D eigenvalue weighted by Gasteiger charge is 2.06. The quantitative estimate of drug-likeness (QED) is 0.879. The summed E-state index contributed by atoms with van der Waals surface area (Å²) in [7, 11) is 1.53. The number of hydrogen-bond acceptors (Lipinski definition) is 2. The minimum absolute atomic E-state index is 0.342. The maximum Gasteiger partial charge on any atom is 0.146 e. The summed E-state index contributed by atoms with van der Waals surface area (Å²) in [6, 6.07) is 9.71. The van der Waals surface area contributed by atoms with E-state index in [1.165, 1.54) is 13.2 Å². The van der Waals surface area contributed by atoms with Crippen LogP contribution in [0.4, 0.5) is 10.1 Å². The van der Waals surface area contributed by atoms with Crippen LogP contribution in [0.2, 0.25) is 10.0 Å². The topological polar surface area (TPSA) is 21.3 Å². The number of methoxy groups -OCH3 is 1. The predicted molar refractivity (Wildman–Crippen MR) is 76.7 cm³/mol. The lowest BCUT2D eigenvalue weighted by Crippen LogP contribution is -2.02. The third-order valence-corrected chi connectivity index (χ3v) is 3.24. The summed E-state index contributed by atoms with van der Waals surface area (Å²) in [6.07, 6.45) is 0. The smallest absolute Gasteiger partial charge is 0.146 e. The van der Waals surface area contributed by atoms with E-state index in [-0.39, 0.29) is 5.82 Å². The van der Waals surface area contributed by atoms with Crippen molar-refractivity contribution >= 4 is 28.9 Å². The van der Waals surface area contributed by atoms with Gasteiger partial charge in [0, 0.05) is 22.7 Å². The van der Waals surface area contributed by atoms with Crippen LogP contribution in [0.5, 0.6) is 5.75 Å². The van der Waals surface area contributed by atoms with Gasteiger partial charge in [-0.1, -0.05) is 29.3 Å². The molecular weight excluding hydrogens is 288 g/mol. The van der Waals surface area contributed by atoms with Crippen LogP contribution >= 0.6 is 23.2 Å². The maximum atomic E-state index is 13.6. The van der Waals surface area contributed by atoms with Crippen molar-refractivity contribution in [2.24, 2.45) is 0 Å². The van der Waals surface area contributed by atoms with Gasteiger partial charge in [-0.15, -0.1) is 0 Å². The number of nitrogens with one attached hydrogen (secondary N) is 1. The molecule has 0 aromatic heterocycles. The average molecular weight is 300 g/mol. The minimum atomic E-state index is -0.342. The SMILES string of the molecule is COc1ccc(F)c(NCc2ccc(Cl)cc2Cl)c1. The molecule has 0 bridgehead atoms. The molecular formula is C14H12Cl2FNO. The van der Waals surface area contributed by atoms with Gasteiger partial charge < -0.3 is 10.1 Å². The van der Waals surface area contributed by atoms with Crippen molar-refractivity contribution in [3.05, 3.63) is 57.8 Å². The van der Waals surface area contributed by atoms with Gasteiger partial charge in [-0.2, -0.15) is 0 Å². The second-order valence-corrected chi connectivity index (χ2v) is 4.78. The summed E-state index contributed by atoms with van der Waals surface area (Å²) in [5, 5.41) is 4.10. The third kappa shape index (κ3) is 3.52. The molecule has 100 valence electrons. The molecule has 0 aliphatic rings. The van der Waals surface area contributed by atoms with Crippen molar-refractivity contribution in [1.82, 2.24) is 0 Å². The van der Waals surface area contributed by atoms with E-state index in [0.29, 0.717) is 28.0 Å². The lowest BCUT2D eigenvalue weighted by Gasteiger charge is -2.10. The number of anilines is 1. The average Bonchev–Trinajstić information content (AvgIpc) is 2.39. The Labute approximate surface area is 121 Å². The first-order chi connectivity index (χ1) is 9.10. The number of benzene rings is 2. The van der Waals surface area contributed by atoms with E-state index in [4.69, 9.17) is 27.9 Å². The van der Waals surface area contributed by atoms with E-state index < -0.39 is 0 Å². The van der Waals surface area contributed by atoms with Gasteiger partial charge in [0.1, 0.15) is 11.6 Å². The fraction of sp³-hybridized carbons (Fsp3) is 0.143. The van der Waals surface area contributed by atoms with Crippen LogP contribution in [0.3, 0.4) is 0 Å². The first-order valence-corrected chi connectivity index (χ1v) is 6.37. The van der Waals surface area contributed by atoms with Crippen LogP contribution in [0, 0.1) is 5.82 Å². The van der Waals surface area contributed by atoms with Gasteiger partial charge in [0.2, 0.25) is 0 Å². The normalized spacial score (nSPS) is 10.3. The first kappa shape index (κ1) is 14.0. The highest BCUT2D eigenvalue weighted by atomic mass is 35.5. The Balaban J connectivity index is 2.14. The molecule has 0 atom stereocenters. The van der Waals surface area contributed by atoms with Gasteiger partial charge in [-0.3, -0.25) is 0 Å². The standard InChI is InChI=1S/C14H12Cl2FNO/c1-19-11-4-5-13(17)14(7-11)18-8-9-2-3-10(15)6-12(9)16/h2-7,18H,8H2,1H3. The summed E-state index contributed by atoms with van der Waals surface area (Å²) in [4.78, 5) is 0. The molecule has 0 spiro atoms. The Morgan fingerprint density at radius 3 is 2.63 bits per heavy atom. The summed E-state index contributed by atoms with van der Waals surface area (Å²) < 4.78 is 18.7. The van der Waals surface area contributed by atoms with Crippen LogP contribution in [-0.2, 0) is 6.54 Å². The Morgan fingerprint density at radius 1 is 1.16 bits per heavy atom. The zero-order valence-electron chi connectivity index (χ0n) is 10.2. The largest absolute Gasteiger partial charge is 0.497 e. The van der Waals surface area contributed by atoms with Gasteiger partial charge in [0.25, 0.3) is 0 Å². The molecule has 0 amide bonds. The van der Waals surface area contributed by atoms with E-state index >= 15 is 0 Å². The second kappa shape index (κ2) is 6.13. The van der Waals surface area contributed by atoms with Crippen molar-refractivity contribution < 1.29 is 9.13 Å². The van der Waals surface area contributed by atoms with Gasteiger partial charge in [0.05, 0.1) is 12.8 Å². The summed E-state index contributed by atoms with van der Waals surface area (Å²) >= 11 is 11.9. The Hall–Kier alpha value is -1.45. The Bertz CT molecular complexity index is 590. The van der Waals surface area contributed by atoms with Crippen LogP contribution in [-0.4, -0.2) is 7.11 Å². The molecule has 2 rings (SSSR count).